The quantitative estimate of drug-likeness (QED) is 0.747. The number of pyridine rings is 1. The van der Waals surface area contributed by atoms with E-state index in [0.29, 0.717) is 11.3 Å². The van der Waals surface area contributed by atoms with Crippen molar-refractivity contribution in [2.75, 3.05) is 18.5 Å². The molecule has 1 heterocycles. The van der Waals surface area contributed by atoms with Gasteiger partial charge in [0.2, 0.25) is 0 Å². The van der Waals surface area contributed by atoms with Crippen LogP contribution in [0.1, 0.15) is 19.8 Å². The van der Waals surface area contributed by atoms with Gasteiger partial charge in [-0.05, 0) is 29.9 Å². The third kappa shape index (κ3) is 3.35. The number of anilines is 1. The first-order valence-corrected chi connectivity index (χ1v) is 6.71. The second kappa shape index (κ2) is 6.38. The Morgan fingerprint density at radius 2 is 2.16 bits per heavy atom. The molecule has 0 spiro atoms. The molecule has 0 saturated carbocycles. The van der Waals surface area contributed by atoms with Crippen molar-refractivity contribution in [2.45, 2.75) is 19.8 Å². The first kappa shape index (κ1) is 13.6. The Morgan fingerprint density at radius 1 is 1.37 bits per heavy atom. The maximum absolute atomic E-state index is 11.9. The molecule has 0 aliphatic rings. The van der Waals surface area contributed by atoms with Gasteiger partial charge in [-0.2, -0.15) is 0 Å². The molecule has 0 fully saturated rings. The Balaban J connectivity index is 2.15. The molecule has 2 aromatic rings. The van der Waals surface area contributed by atoms with Crippen LogP contribution in [0.15, 0.2) is 35.1 Å². The van der Waals surface area contributed by atoms with E-state index in [0.717, 1.165) is 30.6 Å². The number of fused-ring (bicyclic) bond motifs is 1. The van der Waals surface area contributed by atoms with Crippen LogP contribution in [0, 0.1) is 5.92 Å². The molecule has 1 aromatic carbocycles. The summed E-state index contributed by atoms with van der Waals surface area (Å²) in [6.45, 7) is 3.06. The number of H-pyrrole nitrogens is 1. The largest absolute Gasteiger partial charge is 0.396 e. The number of aliphatic hydroxyl groups is 1. The standard InChI is InChI=1S/C15H20N2O2/c1-2-11(7-8-18)10-16-14-9-12-5-3-4-6-13(12)15(19)17-14/h3-6,9,11,18H,2,7-8,10H2,1H3,(H2,16,17,19). The van der Waals surface area contributed by atoms with Crippen LogP contribution in [-0.4, -0.2) is 23.2 Å². The SMILES string of the molecule is CCC(CCO)CNc1cc2ccccc2c(=O)[nH]1. The zero-order valence-corrected chi connectivity index (χ0v) is 11.1. The van der Waals surface area contributed by atoms with Crippen molar-refractivity contribution in [3.05, 3.63) is 40.7 Å². The fourth-order valence-electron chi connectivity index (χ4n) is 2.19. The van der Waals surface area contributed by atoms with Crippen molar-refractivity contribution >= 4 is 16.6 Å². The third-order valence-corrected chi connectivity index (χ3v) is 3.45. The highest BCUT2D eigenvalue weighted by molar-refractivity contribution is 5.83. The van der Waals surface area contributed by atoms with Crippen molar-refractivity contribution in [3.8, 4) is 0 Å². The number of aliphatic hydroxyl groups excluding tert-OH is 1. The van der Waals surface area contributed by atoms with Crippen molar-refractivity contribution in [3.63, 3.8) is 0 Å². The lowest BCUT2D eigenvalue weighted by Gasteiger charge is -2.15. The van der Waals surface area contributed by atoms with Crippen LogP contribution < -0.4 is 10.9 Å². The minimum atomic E-state index is -0.0733. The van der Waals surface area contributed by atoms with Crippen LogP contribution in [0.25, 0.3) is 10.8 Å². The highest BCUT2D eigenvalue weighted by atomic mass is 16.3. The molecule has 0 amide bonds. The molecule has 2 rings (SSSR count). The summed E-state index contributed by atoms with van der Waals surface area (Å²) >= 11 is 0. The lowest BCUT2D eigenvalue weighted by molar-refractivity contribution is 0.258. The minimum Gasteiger partial charge on any atom is -0.396 e. The molecule has 4 nitrogen and oxygen atoms in total. The first-order valence-electron chi connectivity index (χ1n) is 6.71. The fraction of sp³-hybridized carbons (Fsp3) is 0.400. The van der Waals surface area contributed by atoms with Crippen molar-refractivity contribution in [1.29, 1.82) is 0 Å². The highest BCUT2D eigenvalue weighted by Gasteiger charge is 2.06. The highest BCUT2D eigenvalue weighted by Crippen LogP contribution is 2.14. The molecule has 0 saturated heterocycles. The fourth-order valence-corrected chi connectivity index (χ4v) is 2.19. The molecule has 1 unspecified atom stereocenters. The van der Waals surface area contributed by atoms with Gasteiger partial charge < -0.3 is 15.4 Å². The monoisotopic (exact) mass is 260 g/mol. The third-order valence-electron chi connectivity index (χ3n) is 3.45. The molecule has 1 aromatic heterocycles. The Labute approximate surface area is 112 Å². The van der Waals surface area contributed by atoms with Crippen LogP contribution in [0.2, 0.25) is 0 Å². The number of benzene rings is 1. The van der Waals surface area contributed by atoms with E-state index in [9.17, 15) is 4.79 Å². The van der Waals surface area contributed by atoms with E-state index in [1.807, 2.05) is 30.3 Å². The summed E-state index contributed by atoms with van der Waals surface area (Å²) in [4.78, 5) is 14.7. The summed E-state index contributed by atoms with van der Waals surface area (Å²) in [7, 11) is 0. The van der Waals surface area contributed by atoms with Gasteiger partial charge in [0.05, 0.1) is 0 Å². The van der Waals surface area contributed by atoms with E-state index >= 15 is 0 Å². The van der Waals surface area contributed by atoms with E-state index in [1.54, 1.807) is 0 Å². The van der Waals surface area contributed by atoms with Crippen LogP contribution in [-0.2, 0) is 0 Å². The van der Waals surface area contributed by atoms with Gasteiger partial charge in [0.15, 0.2) is 0 Å². The molecular formula is C15H20N2O2. The summed E-state index contributed by atoms with van der Waals surface area (Å²) in [6.07, 6.45) is 1.78. The molecule has 102 valence electrons. The molecule has 0 radical (unpaired) electrons. The van der Waals surface area contributed by atoms with E-state index in [4.69, 9.17) is 5.11 Å². The lowest BCUT2D eigenvalue weighted by atomic mass is 10.0. The summed E-state index contributed by atoms with van der Waals surface area (Å²) in [5.41, 5.74) is -0.0733. The van der Waals surface area contributed by atoms with Gasteiger partial charge in [-0.3, -0.25) is 4.79 Å². The van der Waals surface area contributed by atoms with E-state index < -0.39 is 0 Å². The van der Waals surface area contributed by atoms with Crippen molar-refractivity contribution in [2.24, 2.45) is 5.92 Å². The summed E-state index contributed by atoms with van der Waals surface area (Å²) in [5.74, 6) is 1.15. The van der Waals surface area contributed by atoms with Crippen molar-refractivity contribution < 1.29 is 5.11 Å². The summed E-state index contributed by atoms with van der Waals surface area (Å²) in [6, 6.07) is 9.48. The van der Waals surface area contributed by atoms with E-state index in [2.05, 4.69) is 17.2 Å². The Morgan fingerprint density at radius 3 is 2.89 bits per heavy atom. The molecule has 0 aliphatic carbocycles. The molecule has 0 aliphatic heterocycles. The second-order valence-electron chi connectivity index (χ2n) is 4.77. The number of hydrogen-bond acceptors (Lipinski definition) is 3. The molecule has 19 heavy (non-hydrogen) atoms. The number of rotatable bonds is 6. The van der Waals surface area contributed by atoms with Gasteiger partial charge in [-0.25, -0.2) is 0 Å². The smallest absolute Gasteiger partial charge is 0.257 e. The van der Waals surface area contributed by atoms with Gasteiger partial charge in [-0.15, -0.1) is 0 Å². The van der Waals surface area contributed by atoms with Crippen LogP contribution >= 0.6 is 0 Å². The predicted molar refractivity (Wildman–Crippen MR) is 78.5 cm³/mol. The lowest BCUT2D eigenvalue weighted by Crippen LogP contribution is -2.18. The van der Waals surface area contributed by atoms with E-state index in [-0.39, 0.29) is 12.2 Å². The van der Waals surface area contributed by atoms with Crippen LogP contribution in [0.4, 0.5) is 5.82 Å². The van der Waals surface area contributed by atoms with Gasteiger partial charge in [0.25, 0.3) is 5.56 Å². The predicted octanol–water partition coefficient (Wildman–Crippen LogP) is 2.35. The van der Waals surface area contributed by atoms with Gasteiger partial charge in [0.1, 0.15) is 5.82 Å². The van der Waals surface area contributed by atoms with E-state index in [1.165, 1.54) is 0 Å². The number of aromatic nitrogens is 1. The molecule has 0 bridgehead atoms. The van der Waals surface area contributed by atoms with Gasteiger partial charge >= 0.3 is 0 Å². The Kier molecular flexibility index (Phi) is 4.58. The van der Waals surface area contributed by atoms with Crippen LogP contribution in [0.3, 0.4) is 0 Å². The Bertz CT molecular complexity index is 592. The average molecular weight is 260 g/mol. The van der Waals surface area contributed by atoms with Gasteiger partial charge in [-0.1, -0.05) is 31.5 Å². The zero-order chi connectivity index (χ0) is 13.7. The topological polar surface area (TPSA) is 65.1 Å². The second-order valence-corrected chi connectivity index (χ2v) is 4.77. The molecule has 1 atom stereocenters. The molecular weight excluding hydrogens is 240 g/mol. The molecule has 4 heteroatoms. The summed E-state index contributed by atoms with van der Waals surface area (Å²) in [5, 5.41) is 13.8. The maximum atomic E-state index is 11.9. The maximum Gasteiger partial charge on any atom is 0.257 e. The van der Waals surface area contributed by atoms with Gasteiger partial charge in [0, 0.05) is 18.5 Å². The summed E-state index contributed by atoms with van der Waals surface area (Å²) < 4.78 is 0. The average Bonchev–Trinajstić information content (AvgIpc) is 2.43. The number of hydrogen-bond donors (Lipinski definition) is 3. The van der Waals surface area contributed by atoms with Crippen molar-refractivity contribution in [1.82, 2.24) is 4.98 Å². The first-order chi connectivity index (χ1) is 9.24. The zero-order valence-electron chi connectivity index (χ0n) is 11.1. The normalized spacial score (nSPS) is 12.5. The van der Waals surface area contributed by atoms with Crippen LogP contribution in [0.5, 0.6) is 0 Å². The minimum absolute atomic E-state index is 0.0733. The Hall–Kier alpha value is -1.81. The number of aromatic amines is 1. The number of nitrogens with one attached hydrogen (secondary N) is 2. The molecule has 3 N–H and O–H groups in total.